The van der Waals surface area contributed by atoms with Gasteiger partial charge in [0.2, 0.25) is 6.93 Å². The van der Waals surface area contributed by atoms with Crippen LogP contribution in [0.4, 0.5) is 29.1 Å². The number of nitrogens with one attached hydrogen (secondary N) is 3. The van der Waals surface area contributed by atoms with Gasteiger partial charge in [-0.3, -0.25) is 14.6 Å². The summed E-state index contributed by atoms with van der Waals surface area (Å²) < 4.78 is 49.1. The Bertz CT molecular complexity index is 1730. The summed E-state index contributed by atoms with van der Waals surface area (Å²) in [5.41, 5.74) is 1.79. The van der Waals surface area contributed by atoms with E-state index in [0.717, 1.165) is 48.8 Å². The molecule has 13 heteroatoms. The summed E-state index contributed by atoms with van der Waals surface area (Å²) in [6.07, 6.45) is 5.42. The van der Waals surface area contributed by atoms with Crippen molar-refractivity contribution in [2.24, 2.45) is 5.92 Å². The Kier molecular flexibility index (Phi) is 9.77. The average molecular weight is 624 g/mol. The van der Waals surface area contributed by atoms with E-state index in [0.29, 0.717) is 35.2 Å². The maximum absolute atomic E-state index is 14.5. The largest absolute Gasteiger partial charge is 0.350 e. The molecule has 0 radical (unpaired) electrons. The highest BCUT2D eigenvalue weighted by atomic mass is 19.3. The predicted molar refractivity (Wildman–Crippen MR) is 163 cm³/mol. The van der Waals surface area contributed by atoms with Crippen LogP contribution in [0, 0.1) is 17.6 Å². The number of amides is 2. The minimum Gasteiger partial charge on any atom is -0.350 e. The molecule has 0 saturated carbocycles. The molecule has 1 saturated heterocycles. The lowest BCUT2D eigenvalue weighted by Crippen LogP contribution is -2.37. The molecule has 1 fully saturated rings. The summed E-state index contributed by atoms with van der Waals surface area (Å²) in [5.74, 6) is -1.98. The third-order valence-electron chi connectivity index (χ3n) is 8.00. The van der Waals surface area contributed by atoms with E-state index >= 15 is 0 Å². The number of piperidine rings is 1. The smallest absolute Gasteiger partial charge is 0.271 e. The van der Waals surface area contributed by atoms with Crippen molar-refractivity contribution in [1.82, 2.24) is 25.0 Å². The Hall–Kier alpha value is -4.78. The number of halogens is 4. The van der Waals surface area contributed by atoms with E-state index in [4.69, 9.17) is 0 Å². The number of benzene rings is 2. The van der Waals surface area contributed by atoms with E-state index in [1.165, 1.54) is 10.7 Å². The number of allylic oxidation sites excluding steroid dienone is 1. The zero-order chi connectivity index (χ0) is 32.1. The van der Waals surface area contributed by atoms with Gasteiger partial charge < -0.3 is 20.9 Å². The van der Waals surface area contributed by atoms with Gasteiger partial charge in [0, 0.05) is 41.8 Å². The van der Waals surface area contributed by atoms with Crippen molar-refractivity contribution in [2.45, 2.75) is 25.8 Å². The standard InChI is InChI=1S/C31H31F2N7O2.CH2F2/c1-18-28(31(42)37-23-5-3-22-17-34-10-7-20(22)13-23)29(21-4-6-24(32)25(33)14-21)40-27(36-18)15-26(38-40)30(41)35-16-19-8-11-39(2)12-9-19;2-1-3/h3-7,10,13-15,17,19,29,36H,8-9,11-12,16H2,1-2H3,(H,35,41)(H,37,42);1H2. The van der Waals surface area contributed by atoms with Crippen LogP contribution in [-0.4, -0.2) is 65.1 Å². The second-order valence-electron chi connectivity index (χ2n) is 11.0. The number of carbonyl (C=O) groups excluding carboxylic acids is 2. The van der Waals surface area contributed by atoms with Crippen molar-refractivity contribution in [3.8, 4) is 0 Å². The molecule has 45 heavy (non-hydrogen) atoms. The monoisotopic (exact) mass is 623 g/mol. The molecule has 2 aromatic carbocycles. The van der Waals surface area contributed by atoms with Crippen LogP contribution in [0.5, 0.6) is 0 Å². The molecule has 3 N–H and O–H groups in total. The van der Waals surface area contributed by atoms with Crippen molar-refractivity contribution in [3.05, 3.63) is 95.1 Å². The van der Waals surface area contributed by atoms with Crippen LogP contribution >= 0.6 is 0 Å². The van der Waals surface area contributed by atoms with Gasteiger partial charge in [-0.25, -0.2) is 22.2 Å². The first-order valence-corrected chi connectivity index (χ1v) is 14.4. The Morgan fingerprint density at radius 2 is 1.73 bits per heavy atom. The Morgan fingerprint density at radius 3 is 2.47 bits per heavy atom. The number of nitrogens with zero attached hydrogens (tertiary/aromatic N) is 4. The number of alkyl halides is 2. The first-order valence-electron chi connectivity index (χ1n) is 14.4. The molecule has 2 aliphatic heterocycles. The van der Waals surface area contributed by atoms with E-state index in [9.17, 15) is 27.2 Å². The lowest BCUT2D eigenvalue weighted by Gasteiger charge is -2.29. The minimum absolute atomic E-state index is 0.163. The topological polar surface area (TPSA) is 104 Å². The lowest BCUT2D eigenvalue weighted by atomic mass is 9.94. The fraction of sp³-hybridized carbons (Fsp3) is 0.312. The molecular formula is C32H33F4N7O2. The van der Waals surface area contributed by atoms with Gasteiger partial charge in [-0.1, -0.05) is 12.1 Å². The Balaban J connectivity index is 0.00000128. The summed E-state index contributed by atoms with van der Waals surface area (Å²) in [7, 11) is 2.09. The number of anilines is 2. The average Bonchev–Trinajstić information content (AvgIpc) is 3.45. The first kappa shape index (κ1) is 31.6. The molecule has 0 spiro atoms. The number of pyridine rings is 1. The van der Waals surface area contributed by atoms with E-state index < -0.39 is 30.5 Å². The van der Waals surface area contributed by atoms with Crippen LogP contribution in [0.2, 0.25) is 0 Å². The van der Waals surface area contributed by atoms with Gasteiger partial charge in [0.15, 0.2) is 17.3 Å². The minimum atomic E-state index is -1.75. The number of hydrogen-bond donors (Lipinski definition) is 3. The predicted octanol–water partition coefficient (Wildman–Crippen LogP) is 5.59. The first-order chi connectivity index (χ1) is 21.7. The molecule has 2 aliphatic rings. The molecule has 4 heterocycles. The number of rotatable bonds is 6. The van der Waals surface area contributed by atoms with Crippen molar-refractivity contribution < 1.29 is 27.2 Å². The fourth-order valence-electron chi connectivity index (χ4n) is 5.62. The molecule has 0 aliphatic carbocycles. The van der Waals surface area contributed by atoms with Gasteiger partial charge in [0.05, 0.1) is 5.57 Å². The second kappa shape index (κ2) is 13.9. The van der Waals surface area contributed by atoms with Crippen LogP contribution in [-0.2, 0) is 4.79 Å². The zero-order valence-electron chi connectivity index (χ0n) is 24.8. The maximum Gasteiger partial charge on any atom is 0.271 e. The lowest BCUT2D eigenvalue weighted by molar-refractivity contribution is -0.113. The SMILES string of the molecule is CC1=C(C(=O)Nc2ccc3cnccc3c2)C(c2ccc(F)c(F)c2)n2nc(C(=O)NCC3CCN(C)CC3)cc2N1.FCF. The zero-order valence-corrected chi connectivity index (χ0v) is 24.8. The molecule has 0 bridgehead atoms. The molecule has 1 unspecified atom stereocenters. The Labute approximate surface area is 257 Å². The highest BCUT2D eigenvalue weighted by Crippen LogP contribution is 2.37. The van der Waals surface area contributed by atoms with E-state index in [-0.39, 0.29) is 17.2 Å². The highest BCUT2D eigenvalue weighted by Gasteiger charge is 2.35. The molecule has 2 aromatic heterocycles. The van der Waals surface area contributed by atoms with Crippen LogP contribution in [0.15, 0.2) is 72.2 Å². The summed E-state index contributed by atoms with van der Waals surface area (Å²) in [5, 5.41) is 15.5. The second-order valence-corrected chi connectivity index (χ2v) is 11.0. The van der Waals surface area contributed by atoms with E-state index in [1.807, 2.05) is 18.2 Å². The fourth-order valence-corrected chi connectivity index (χ4v) is 5.62. The van der Waals surface area contributed by atoms with Crippen LogP contribution < -0.4 is 16.0 Å². The molecule has 4 aromatic rings. The molecule has 236 valence electrons. The number of fused-ring (bicyclic) bond motifs is 2. The molecular weight excluding hydrogens is 590 g/mol. The highest BCUT2D eigenvalue weighted by molar-refractivity contribution is 6.07. The van der Waals surface area contributed by atoms with Gasteiger partial charge in [-0.2, -0.15) is 5.10 Å². The summed E-state index contributed by atoms with van der Waals surface area (Å²) in [6.45, 7) is 2.50. The van der Waals surface area contributed by atoms with Gasteiger partial charge in [-0.15, -0.1) is 0 Å². The van der Waals surface area contributed by atoms with Crippen LogP contribution in [0.1, 0.15) is 41.9 Å². The summed E-state index contributed by atoms with van der Waals surface area (Å²) >= 11 is 0. The summed E-state index contributed by atoms with van der Waals surface area (Å²) in [6, 6.07) is 11.5. The van der Waals surface area contributed by atoms with Crippen molar-refractivity contribution >= 4 is 34.1 Å². The van der Waals surface area contributed by atoms with Crippen molar-refractivity contribution in [1.29, 1.82) is 0 Å². The van der Waals surface area contributed by atoms with Crippen LogP contribution in [0.25, 0.3) is 10.8 Å². The van der Waals surface area contributed by atoms with Crippen molar-refractivity contribution in [3.63, 3.8) is 0 Å². The Morgan fingerprint density at radius 1 is 0.978 bits per heavy atom. The normalized spacial score (nSPS) is 16.8. The third kappa shape index (κ3) is 7.14. The molecule has 1 atom stereocenters. The van der Waals surface area contributed by atoms with Gasteiger partial charge in [0.1, 0.15) is 11.9 Å². The summed E-state index contributed by atoms with van der Waals surface area (Å²) in [4.78, 5) is 33.3. The van der Waals surface area contributed by atoms with E-state index in [2.05, 4.69) is 38.0 Å². The van der Waals surface area contributed by atoms with Gasteiger partial charge in [-0.05, 0) is 87.1 Å². The van der Waals surface area contributed by atoms with Gasteiger partial charge >= 0.3 is 0 Å². The number of aromatic nitrogens is 3. The number of likely N-dealkylation sites (tertiary alicyclic amines) is 1. The molecule has 2 amide bonds. The molecule has 6 rings (SSSR count). The quantitative estimate of drug-likeness (QED) is 0.242. The van der Waals surface area contributed by atoms with Gasteiger partial charge in [0.25, 0.3) is 11.8 Å². The maximum atomic E-state index is 14.5. The van der Waals surface area contributed by atoms with Crippen LogP contribution in [0.3, 0.4) is 0 Å². The molecule has 9 nitrogen and oxygen atoms in total. The number of carbonyl (C=O) groups is 2. The van der Waals surface area contributed by atoms with E-state index in [1.54, 1.807) is 31.5 Å². The number of hydrogen-bond acceptors (Lipinski definition) is 6. The van der Waals surface area contributed by atoms with Crippen molar-refractivity contribution in [2.75, 3.05) is 44.2 Å². The third-order valence-corrected chi connectivity index (χ3v) is 8.00.